The second-order valence-corrected chi connectivity index (χ2v) is 4.77. The zero-order chi connectivity index (χ0) is 9.64. The smallest absolute Gasteiger partial charge is 0.215 e. The molecule has 0 spiro atoms. The van der Waals surface area contributed by atoms with Gasteiger partial charge in [0.25, 0.3) is 0 Å². The first-order valence-corrected chi connectivity index (χ1v) is 4.73. The van der Waals surface area contributed by atoms with Crippen molar-refractivity contribution >= 4 is 0 Å². The summed E-state index contributed by atoms with van der Waals surface area (Å²) in [6, 6.07) is 0.330. The molecular weight excluding hydrogens is 167 g/mol. The van der Waals surface area contributed by atoms with Gasteiger partial charge in [-0.05, 0) is 18.3 Å². The van der Waals surface area contributed by atoms with Gasteiger partial charge in [0, 0.05) is 5.56 Å². The van der Waals surface area contributed by atoms with E-state index in [4.69, 9.17) is 0 Å². The number of rotatable bonds is 1. The monoisotopic (exact) mass is 182 g/mol. The Morgan fingerprint density at radius 3 is 2.46 bits per heavy atom. The lowest BCUT2D eigenvalue weighted by Gasteiger charge is -2.15. The number of nitrogens with zero attached hydrogens (tertiary/aromatic N) is 2. The third-order valence-corrected chi connectivity index (χ3v) is 2.44. The summed E-state index contributed by atoms with van der Waals surface area (Å²) in [7, 11) is 0. The Labute approximate surface area is 77.8 Å². The van der Waals surface area contributed by atoms with Crippen LogP contribution in [0.25, 0.3) is 0 Å². The van der Waals surface area contributed by atoms with Crippen LogP contribution in [0, 0.1) is 5.95 Å². The standard InChI is InChI=1S/C10H15FN2/c1-10(2,3)8-6-12-13(9(8)11)7-4-5-7/h6-7H,4-5H2,1-3H3. The average Bonchev–Trinajstić information content (AvgIpc) is 2.73. The van der Waals surface area contributed by atoms with Crippen LogP contribution >= 0.6 is 0 Å². The first kappa shape index (κ1) is 8.73. The van der Waals surface area contributed by atoms with Crippen molar-refractivity contribution in [3.63, 3.8) is 0 Å². The van der Waals surface area contributed by atoms with Crippen molar-refractivity contribution in [3.8, 4) is 0 Å². The quantitative estimate of drug-likeness (QED) is 0.653. The topological polar surface area (TPSA) is 17.8 Å². The van der Waals surface area contributed by atoms with Crippen LogP contribution in [0.15, 0.2) is 6.20 Å². The van der Waals surface area contributed by atoms with Crippen LogP contribution in [0.2, 0.25) is 0 Å². The molecule has 1 aliphatic rings. The maximum atomic E-state index is 13.7. The summed E-state index contributed by atoms with van der Waals surface area (Å²) in [6.45, 7) is 6.01. The Morgan fingerprint density at radius 2 is 2.08 bits per heavy atom. The summed E-state index contributed by atoms with van der Waals surface area (Å²) in [5.74, 6) is -0.144. The minimum absolute atomic E-state index is 0.142. The number of halogens is 1. The number of hydrogen-bond acceptors (Lipinski definition) is 1. The van der Waals surface area contributed by atoms with Crippen LogP contribution in [0.3, 0.4) is 0 Å². The predicted octanol–water partition coefficient (Wildman–Crippen LogP) is 2.65. The normalized spacial score (nSPS) is 17.8. The Hall–Kier alpha value is -0.860. The maximum absolute atomic E-state index is 13.7. The lowest BCUT2D eigenvalue weighted by atomic mass is 9.89. The molecule has 0 aromatic carbocycles. The summed E-state index contributed by atoms with van der Waals surface area (Å²) in [6.07, 6.45) is 3.80. The van der Waals surface area contributed by atoms with Crippen molar-refractivity contribution in [1.29, 1.82) is 0 Å². The van der Waals surface area contributed by atoms with Gasteiger partial charge in [0.05, 0.1) is 12.2 Å². The third kappa shape index (κ3) is 1.47. The minimum Gasteiger partial charge on any atom is -0.236 e. The van der Waals surface area contributed by atoms with Crippen LogP contribution in [-0.2, 0) is 5.41 Å². The molecule has 0 aliphatic heterocycles. The summed E-state index contributed by atoms with van der Waals surface area (Å²) in [5.41, 5.74) is 0.580. The predicted molar refractivity (Wildman–Crippen MR) is 49.2 cm³/mol. The molecule has 2 rings (SSSR count). The fourth-order valence-corrected chi connectivity index (χ4v) is 1.42. The Kier molecular flexibility index (Phi) is 1.72. The molecule has 0 saturated heterocycles. The van der Waals surface area contributed by atoms with E-state index in [2.05, 4.69) is 5.10 Å². The lowest BCUT2D eigenvalue weighted by Crippen LogP contribution is -2.13. The highest BCUT2D eigenvalue weighted by molar-refractivity contribution is 5.18. The van der Waals surface area contributed by atoms with E-state index in [0.717, 1.165) is 18.4 Å². The summed E-state index contributed by atoms with van der Waals surface area (Å²) in [5, 5.41) is 4.09. The van der Waals surface area contributed by atoms with Gasteiger partial charge in [0.1, 0.15) is 0 Å². The van der Waals surface area contributed by atoms with Crippen LogP contribution in [0.4, 0.5) is 4.39 Å². The van der Waals surface area contributed by atoms with Gasteiger partial charge in [-0.25, -0.2) is 4.68 Å². The van der Waals surface area contributed by atoms with Crippen LogP contribution < -0.4 is 0 Å². The molecule has 1 saturated carbocycles. The zero-order valence-electron chi connectivity index (χ0n) is 8.34. The van der Waals surface area contributed by atoms with Gasteiger partial charge in [0.2, 0.25) is 5.95 Å². The van der Waals surface area contributed by atoms with E-state index >= 15 is 0 Å². The van der Waals surface area contributed by atoms with E-state index in [1.807, 2.05) is 20.8 Å². The molecule has 1 aromatic rings. The largest absolute Gasteiger partial charge is 0.236 e. The first-order chi connectivity index (χ1) is 6.00. The van der Waals surface area contributed by atoms with Crippen LogP contribution in [0.5, 0.6) is 0 Å². The van der Waals surface area contributed by atoms with E-state index < -0.39 is 0 Å². The highest BCUT2D eigenvalue weighted by Crippen LogP contribution is 2.37. The fourth-order valence-electron chi connectivity index (χ4n) is 1.42. The summed E-state index contributed by atoms with van der Waals surface area (Å²) >= 11 is 0. The van der Waals surface area contributed by atoms with Crippen LogP contribution in [0.1, 0.15) is 45.2 Å². The maximum Gasteiger partial charge on any atom is 0.215 e. The average molecular weight is 182 g/mol. The third-order valence-electron chi connectivity index (χ3n) is 2.44. The zero-order valence-corrected chi connectivity index (χ0v) is 8.34. The molecule has 0 unspecified atom stereocenters. The molecule has 0 amide bonds. The van der Waals surface area contributed by atoms with E-state index in [1.165, 1.54) is 4.68 Å². The van der Waals surface area contributed by atoms with Crippen LogP contribution in [-0.4, -0.2) is 9.78 Å². The van der Waals surface area contributed by atoms with E-state index in [9.17, 15) is 4.39 Å². The highest BCUT2D eigenvalue weighted by atomic mass is 19.1. The second kappa shape index (κ2) is 2.56. The molecule has 1 aromatic heterocycles. The molecule has 1 heterocycles. The summed E-state index contributed by atoms with van der Waals surface area (Å²) in [4.78, 5) is 0. The Bertz CT molecular complexity index is 318. The molecule has 0 N–H and O–H groups in total. The molecule has 0 radical (unpaired) electrons. The molecule has 72 valence electrons. The van der Waals surface area contributed by atoms with E-state index in [0.29, 0.717) is 6.04 Å². The minimum atomic E-state index is -0.144. The van der Waals surface area contributed by atoms with Crippen molar-refractivity contribution in [2.24, 2.45) is 0 Å². The Morgan fingerprint density at radius 1 is 1.46 bits per heavy atom. The van der Waals surface area contributed by atoms with Gasteiger partial charge in [-0.15, -0.1) is 0 Å². The van der Waals surface area contributed by atoms with Crippen molar-refractivity contribution < 1.29 is 4.39 Å². The second-order valence-electron chi connectivity index (χ2n) is 4.77. The van der Waals surface area contributed by atoms with E-state index in [-0.39, 0.29) is 11.4 Å². The lowest BCUT2D eigenvalue weighted by molar-refractivity contribution is 0.436. The number of hydrogen-bond donors (Lipinski definition) is 0. The SMILES string of the molecule is CC(C)(C)c1cnn(C2CC2)c1F. The molecule has 2 nitrogen and oxygen atoms in total. The van der Waals surface area contributed by atoms with Gasteiger partial charge >= 0.3 is 0 Å². The van der Waals surface area contributed by atoms with Crippen molar-refractivity contribution in [3.05, 3.63) is 17.7 Å². The Balaban J connectivity index is 2.38. The molecule has 13 heavy (non-hydrogen) atoms. The molecule has 1 aliphatic carbocycles. The van der Waals surface area contributed by atoms with Crippen molar-refractivity contribution in [2.45, 2.75) is 45.1 Å². The molecule has 3 heteroatoms. The molecular formula is C10H15FN2. The van der Waals surface area contributed by atoms with E-state index in [1.54, 1.807) is 6.20 Å². The van der Waals surface area contributed by atoms with Crippen molar-refractivity contribution in [1.82, 2.24) is 9.78 Å². The van der Waals surface area contributed by atoms with Gasteiger partial charge in [-0.1, -0.05) is 20.8 Å². The van der Waals surface area contributed by atoms with Gasteiger partial charge in [-0.3, -0.25) is 0 Å². The van der Waals surface area contributed by atoms with Gasteiger partial charge in [-0.2, -0.15) is 9.49 Å². The fraction of sp³-hybridized carbons (Fsp3) is 0.700. The number of aromatic nitrogens is 2. The van der Waals surface area contributed by atoms with Gasteiger partial charge < -0.3 is 0 Å². The highest BCUT2D eigenvalue weighted by Gasteiger charge is 2.30. The van der Waals surface area contributed by atoms with Gasteiger partial charge in [0.15, 0.2) is 0 Å². The molecule has 0 bridgehead atoms. The molecule has 1 fully saturated rings. The first-order valence-electron chi connectivity index (χ1n) is 4.73. The summed E-state index contributed by atoms with van der Waals surface area (Å²) < 4.78 is 15.2. The van der Waals surface area contributed by atoms with Crippen molar-refractivity contribution in [2.75, 3.05) is 0 Å². The molecule has 0 atom stereocenters.